The van der Waals surface area contributed by atoms with Crippen LogP contribution in [0.3, 0.4) is 0 Å². The van der Waals surface area contributed by atoms with Crippen LogP contribution >= 0.6 is 0 Å². The molecule has 0 saturated heterocycles. The van der Waals surface area contributed by atoms with Crippen molar-refractivity contribution in [3.63, 3.8) is 0 Å². The maximum Gasteiger partial charge on any atom is 0.305 e. The number of quaternary nitrogens is 2. The summed E-state index contributed by atoms with van der Waals surface area (Å²) in [6, 6.07) is 0. The Morgan fingerprint density at radius 1 is 0.514 bits per heavy atom. The first kappa shape index (κ1) is 39.3. The number of hydrogen-bond donors (Lipinski definition) is 0. The Morgan fingerprint density at radius 3 is 1.20 bits per heavy atom. The van der Waals surface area contributed by atoms with Gasteiger partial charge in [-0.1, -0.05) is 46.0 Å². The van der Waals surface area contributed by atoms with Gasteiger partial charge in [0.1, 0.15) is 26.3 Å². The summed E-state index contributed by atoms with van der Waals surface area (Å²) in [6.45, 7) is 9.40. The van der Waals surface area contributed by atoms with Crippen molar-refractivity contribution >= 4 is 11.9 Å². The molecular weight excluding hydrogens is 576 g/mol. The van der Waals surface area contributed by atoms with E-state index in [1.165, 1.54) is 51.4 Å². The van der Waals surface area contributed by atoms with Crippen LogP contribution in [0.25, 0.3) is 0 Å². The summed E-state index contributed by atoms with van der Waals surface area (Å²) in [7, 11) is 8.80. The van der Waals surface area contributed by atoms with E-state index in [2.05, 4.69) is 42.0 Å². The SMILES string of the molecule is CCCCCC[N+](C)(C)CCOC(=O)CCCCCC(=O)OCC[N+](C)(C)CCCCCC.[Br-].[Br-]. The zero-order valence-corrected chi connectivity index (χ0v) is 26.9. The molecule has 0 aromatic carbocycles. The number of nitrogens with zero attached hydrogens (tertiary/aromatic N) is 2. The predicted octanol–water partition coefficient (Wildman–Crippen LogP) is -0.655. The molecule has 0 unspecified atom stereocenters. The minimum absolute atomic E-state index is 0. The second-order valence-electron chi connectivity index (χ2n) is 10.9. The molecule has 0 atom stereocenters. The average molecular weight is 633 g/mol. The van der Waals surface area contributed by atoms with Crippen molar-refractivity contribution in [2.75, 3.05) is 67.6 Å². The quantitative estimate of drug-likeness (QED) is 0.0905. The van der Waals surface area contributed by atoms with Gasteiger partial charge < -0.3 is 52.4 Å². The lowest BCUT2D eigenvalue weighted by Gasteiger charge is -2.29. The van der Waals surface area contributed by atoms with Crippen LogP contribution in [0.4, 0.5) is 0 Å². The standard InChI is InChI=1S/C27H56N2O4.2BrH/c1-7-9-11-16-20-28(3,4)22-24-32-26(30)18-14-13-15-19-27(31)33-25-23-29(5,6)21-17-12-10-8-2;;/h7-25H2,1-6H3;2*1H/q+2;;/p-2. The minimum Gasteiger partial charge on any atom is -1.00 e. The van der Waals surface area contributed by atoms with Crippen molar-refractivity contribution in [2.24, 2.45) is 0 Å². The van der Waals surface area contributed by atoms with Gasteiger partial charge in [-0.15, -0.1) is 0 Å². The van der Waals surface area contributed by atoms with E-state index in [1.807, 2.05) is 0 Å². The molecule has 0 aromatic heterocycles. The van der Waals surface area contributed by atoms with E-state index in [-0.39, 0.29) is 45.9 Å². The van der Waals surface area contributed by atoms with Crippen LogP contribution in [0.1, 0.15) is 97.3 Å². The van der Waals surface area contributed by atoms with E-state index < -0.39 is 0 Å². The van der Waals surface area contributed by atoms with Crippen LogP contribution in [0.15, 0.2) is 0 Å². The van der Waals surface area contributed by atoms with Gasteiger partial charge >= 0.3 is 11.9 Å². The average Bonchev–Trinajstić information content (AvgIpc) is 2.74. The van der Waals surface area contributed by atoms with Gasteiger partial charge in [0.05, 0.1) is 41.3 Å². The largest absolute Gasteiger partial charge is 1.00 e. The number of hydrogen-bond acceptors (Lipinski definition) is 4. The monoisotopic (exact) mass is 630 g/mol. The fraction of sp³-hybridized carbons (Fsp3) is 0.926. The molecule has 212 valence electrons. The Kier molecular flexibility index (Phi) is 27.2. The third-order valence-corrected chi connectivity index (χ3v) is 6.42. The third kappa shape index (κ3) is 26.7. The lowest BCUT2D eigenvalue weighted by Crippen LogP contribution is -3.00. The Hall–Kier alpha value is -0.180. The zero-order chi connectivity index (χ0) is 25.0. The summed E-state index contributed by atoms with van der Waals surface area (Å²) in [5.41, 5.74) is 0. The molecule has 0 fully saturated rings. The van der Waals surface area contributed by atoms with Gasteiger partial charge in [-0.25, -0.2) is 0 Å². The Bertz CT molecular complexity index is 473. The number of unbranched alkanes of at least 4 members (excludes halogenated alkanes) is 8. The van der Waals surface area contributed by atoms with E-state index in [1.54, 1.807) is 0 Å². The molecule has 0 amide bonds. The highest BCUT2D eigenvalue weighted by Gasteiger charge is 2.16. The van der Waals surface area contributed by atoms with Crippen LogP contribution in [0, 0.1) is 0 Å². The van der Waals surface area contributed by atoms with E-state index in [0.29, 0.717) is 26.1 Å². The highest BCUT2D eigenvalue weighted by Crippen LogP contribution is 2.09. The van der Waals surface area contributed by atoms with E-state index >= 15 is 0 Å². The van der Waals surface area contributed by atoms with E-state index in [4.69, 9.17) is 9.47 Å². The smallest absolute Gasteiger partial charge is 0.305 e. The lowest BCUT2D eigenvalue weighted by atomic mass is 10.1. The number of halogens is 2. The van der Waals surface area contributed by atoms with Crippen LogP contribution < -0.4 is 34.0 Å². The molecule has 6 nitrogen and oxygen atoms in total. The minimum atomic E-state index is -0.123. The topological polar surface area (TPSA) is 52.6 Å². The second-order valence-corrected chi connectivity index (χ2v) is 10.9. The Balaban J connectivity index is -0.00000512. The van der Waals surface area contributed by atoms with Gasteiger partial charge in [0.15, 0.2) is 0 Å². The number of carbonyl (C=O) groups is 2. The van der Waals surface area contributed by atoms with Crippen LogP contribution in [-0.2, 0) is 19.1 Å². The van der Waals surface area contributed by atoms with Gasteiger partial charge in [-0.05, 0) is 38.5 Å². The molecule has 0 aliphatic heterocycles. The van der Waals surface area contributed by atoms with Gasteiger partial charge in [0.2, 0.25) is 0 Å². The van der Waals surface area contributed by atoms with Crippen molar-refractivity contribution in [1.29, 1.82) is 0 Å². The van der Waals surface area contributed by atoms with E-state index in [0.717, 1.165) is 54.4 Å². The first-order valence-corrected chi connectivity index (χ1v) is 13.6. The molecule has 8 heteroatoms. The molecule has 0 aliphatic rings. The van der Waals surface area contributed by atoms with Crippen molar-refractivity contribution in [3.8, 4) is 0 Å². The molecule has 0 heterocycles. The molecule has 0 N–H and O–H groups in total. The van der Waals surface area contributed by atoms with Crippen LogP contribution in [0.2, 0.25) is 0 Å². The first-order valence-electron chi connectivity index (χ1n) is 13.6. The molecule has 0 radical (unpaired) electrons. The van der Waals surface area contributed by atoms with Gasteiger partial charge in [-0.3, -0.25) is 9.59 Å². The van der Waals surface area contributed by atoms with Crippen molar-refractivity contribution in [2.45, 2.75) is 97.3 Å². The maximum absolute atomic E-state index is 11.9. The van der Waals surface area contributed by atoms with Gasteiger partial charge in [0.25, 0.3) is 0 Å². The van der Waals surface area contributed by atoms with Gasteiger partial charge in [0, 0.05) is 12.8 Å². The molecule has 0 rings (SSSR count). The molecule has 0 aliphatic carbocycles. The summed E-state index contributed by atoms with van der Waals surface area (Å²) in [5.74, 6) is -0.245. The number of rotatable bonds is 22. The van der Waals surface area contributed by atoms with Crippen molar-refractivity contribution in [1.82, 2.24) is 0 Å². The zero-order valence-electron chi connectivity index (χ0n) is 23.7. The number of ether oxygens (including phenoxy) is 2. The fourth-order valence-electron chi connectivity index (χ4n) is 3.83. The normalized spacial score (nSPS) is 11.4. The molecular formula is C27H56Br2N2O4. The molecule has 35 heavy (non-hydrogen) atoms. The first-order chi connectivity index (χ1) is 15.6. The van der Waals surface area contributed by atoms with Crippen molar-refractivity contribution < 1.29 is 62.0 Å². The molecule has 0 spiro atoms. The number of carbonyl (C=O) groups excluding carboxylic acids is 2. The Morgan fingerprint density at radius 2 is 0.857 bits per heavy atom. The van der Waals surface area contributed by atoms with Crippen molar-refractivity contribution in [3.05, 3.63) is 0 Å². The molecule has 0 bridgehead atoms. The lowest BCUT2D eigenvalue weighted by molar-refractivity contribution is -0.890. The highest BCUT2D eigenvalue weighted by atomic mass is 79.9. The number of likely N-dealkylation sites (N-methyl/N-ethyl adjacent to an activating group) is 2. The summed E-state index contributed by atoms with van der Waals surface area (Å²) in [6.07, 6.45) is 13.4. The van der Waals surface area contributed by atoms with E-state index in [9.17, 15) is 9.59 Å². The maximum atomic E-state index is 11.9. The molecule has 0 saturated carbocycles. The van der Waals surface area contributed by atoms with Gasteiger partial charge in [-0.2, -0.15) is 0 Å². The third-order valence-electron chi connectivity index (χ3n) is 6.42. The summed E-state index contributed by atoms with van der Waals surface area (Å²) in [4.78, 5) is 23.9. The second kappa shape index (κ2) is 24.2. The predicted molar refractivity (Wildman–Crippen MR) is 137 cm³/mol. The molecule has 0 aromatic rings. The number of esters is 2. The summed E-state index contributed by atoms with van der Waals surface area (Å²) < 4.78 is 12.6. The summed E-state index contributed by atoms with van der Waals surface area (Å²) in [5, 5.41) is 0. The van der Waals surface area contributed by atoms with Crippen LogP contribution in [0.5, 0.6) is 0 Å². The Labute approximate surface area is 238 Å². The summed E-state index contributed by atoms with van der Waals surface area (Å²) >= 11 is 0. The van der Waals surface area contributed by atoms with Crippen LogP contribution in [-0.4, -0.2) is 88.5 Å². The highest BCUT2D eigenvalue weighted by molar-refractivity contribution is 5.69. The fourth-order valence-corrected chi connectivity index (χ4v) is 3.83.